The number of anilines is 1. The quantitative estimate of drug-likeness (QED) is 0.323. The zero-order chi connectivity index (χ0) is 22.8. The number of rotatable bonds is 4. The highest BCUT2D eigenvalue weighted by Gasteiger charge is 2.21. The third-order valence-corrected chi connectivity index (χ3v) is 7.90. The van der Waals surface area contributed by atoms with Gasteiger partial charge in [0, 0.05) is 58.5 Å². The number of piperazine rings is 1. The molecule has 1 aliphatic rings. The molecule has 0 radical (unpaired) electrons. The minimum Gasteiger partial charge on any atom is -0.465 e. The average molecular weight is 529 g/mol. The van der Waals surface area contributed by atoms with Gasteiger partial charge in [-0.05, 0) is 48.1 Å². The van der Waals surface area contributed by atoms with Crippen molar-refractivity contribution in [3.05, 3.63) is 61.9 Å². The average Bonchev–Trinajstić information content (AvgIpc) is 3.11. The SMILES string of the molecule is COC(=O)c1sc2cc(NC(=S)N3CCN(Cc4ccc(Cl)cc4Cl)CC3)ccc2c1Cl. The van der Waals surface area contributed by atoms with Crippen LogP contribution in [0.15, 0.2) is 36.4 Å². The van der Waals surface area contributed by atoms with E-state index < -0.39 is 5.97 Å². The first-order valence-electron chi connectivity index (χ1n) is 9.88. The zero-order valence-electron chi connectivity index (χ0n) is 17.2. The summed E-state index contributed by atoms with van der Waals surface area (Å²) in [6.07, 6.45) is 0. The van der Waals surface area contributed by atoms with E-state index in [0.717, 1.165) is 54.1 Å². The Morgan fingerprint density at radius 3 is 2.56 bits per heavy atom. The first-order chi connectivity index (χ1) is 15.4. The Bertz CT molecular complexity index is 1180. The number of nitrogens with zero attached hydrogens (tertiary/aromatic N) is 2. The molecule has 1 N–H and O–H groups in total. The molecule has 4 rings (SSSR count). The largest absolute Gasteiger partial charge is 0.465 e. The molecule has 1 aliphatic heterocycles. The van der Waals surface area contributed by atoms with Crippen LogP contribution in [0.25, 0.3) is 10.1 Å². The fourth-order valence-electron chi connectivity index (χ4n) is 3.57. The van der Waals surface area contributed by atoms with Gasteiger partial charge in [0.1, 0.15) is 4.88 Å². The highest BCUT2D eigenvalue weighted by Crippen LogP contribution is 2.37. The summed E-state index contributed by atoms with van der Waals surface area (Å²) in [4.78, 5) is 16.8. The lowest BCUT2D eigenvalue weighted by atomic mass is 10.2. The molecular weight excluding hydrogens is 509 g/mol. The third kappa shape index (κ3) is 5.14. The maximum atomic E-state index is 11.9. The Labute approximate surface area is 210 Å². The number of thiophene rings is 1. The Hall–Kier alpha value is -1.61. The number of nitrogens with one attached hydrogen (secondary N) is 1. The first kappa shape index (κ1) is 23.5. The Morgan fingerprint density at radius 1 is 1.12 bits per heavy atom. The fourth-order valence-corrected chi connectivity index (χ4v) is 5.80. The van der Waals surface area contributed by atoms with Crippen LogP contribution in [0.3, 0.4) is 0 Å². The number of ether oxygens (including phenoxy) is 1. The summed E-state index contributed by atoms with van der Waals surface area (Å²) in [5, 5.41) is 6.55. The van der Waals surface area contributed by atoms with E-state index in [4.69, 9.17) is 51.8 Å². The maximum absolute atomic E-state index is 11.9. The van der Waals surface area contributed by atoms with Crippen LogP contribution in [0.2, 0.25) is 15.1 Å². The van der Waals surface area contributed by atoms with Crippen molar-refractivity contribution in [2.45, 2.75) is 6.54 Å². The Kier molecular flexibility index (Phi) is 7.44. The van der Waals surface area contributed by atoms with Gasteiger partial charge in [-0.15, -0.1) is 11.3 Å². The minimum absolute atomic E-state index is 0.404. The summed E-state index contributed by atoms with van der Waals surface area (Å²) in [5.41, 5.74) is 1.92. The van der Waals surface area contributed by atoms with Gasteiger partial charge in [0.15, 0.2) is 5.11 Å². The molecular formula is C22H20Cl3N3O2S2. The monoisotopic (exact) mass is 527 g/mol. The van der Waals surface area contributed by atoms with E-state index in [9.17, 15) is 4.79 Å². The van der Waals surface area contributed by atoms with Crippen LogP contribution in [-0.4, -0.2) is 54.2 Å². The van der Waals surface area contributed by atoms with Gasteiger partial charge in [-0.1, -0.05) is 40.9 Å². The van der Waals surface area contributed by atoms with Gasteiger partial charge in [0.2, 0.25) is 0 Å². The molecule has 1 fully saturated rings. The second-order valence-corrected chi connectivity index (χ2v) is 10.0. The maximum Gasteiger partial charge on any atom is 0.349 e. The van der Waals surface area contributed by atoms with Crippen molar-refractivity contribution in [3.63, 3.8) is 0 Å². The van der Waals surface area contributed by atoms with Crippen LogP contribution in [0.1, 0.15) is 15.2 Å². The molecule has 0 spiro atoms. The van der Waals surface area contributed by atoms with Gasteiger partial charge in [-0.2, -0.15) is 0 Å². The highest BCUT2D eigenvalue weighted by molar-refractivity contribution is 7.80. The van der Waals surface area contributed by atoms with Crippen LogP contribution in [0.5, 0.6) is 0 Å². The molecule has 0 atom stereocenters. The molecule has 0 saturated carbocycles. The van der Waals surface area contributed by atoms with Crippen molar-refractivity contribution in [2.24, 2.45) is 0 Å². The predicted octanol–water partition coefficient (Wildman–Crippen LogP) is 6.16. The lowest BCUT2D eigenvalue weighted by molar-refractivity contribution is 0.0606. The van der Waals surface area contributed by atoms with Gasteiger partial charge in [0.25, 0.3) is 0 Å². The molecule has 10 heteroatoms. The van der Waals surface area contributed by atoms with Gasteiger partial charge in [-0.25, -0.2) is 4.79 Å². The molecule has 1 saturated heterocycles. The fraction of sp³-hybridized carbons (Fsp3) is 0.273. The van der Waals surface area contributed by atoms with E-state index in [1.807, 2.05) is 30.3 Å². The van der Waals surface area contributed by atoms with E-state index in [1.165, 1.54) is 18.4 Å². The number of hydrogen-bond acceptors (Lipinski definition) is 5. The van der Waals surface area contributed by atoms with Crippen LogP contribution >= 0.6 is 58.4 Å². The molecule has 2 aromatic carbocycles. The summed E-state index contributed by atoms with van der Waals surface area (Å²) in [6, 6.07) is 11.4. The molecule has 0 aliphatic carbocycles. The number of esters is 1. The number of halogens is 3. The third-order valence-electron chi connectivity index (χ3n) is 5.32. The van der Waals surface area contributed by atoms with Crippen molar-refractivity contribution in [1.82, 2.24) is 9.80 Å². The minimum atomic E-state index is -0.431. The van der Waals surface area contributed by atoms with Crippen LogP contribution in [-0.2, 0) is 11.3 Å². The molecule has 0 unspecified atom stereocenters. The van der Waals surface area contributed by atoms with E-state index >= 15 is 0 Å². The molecule has 2 heterocycles. The number of thiocarbonyl (C=S) groups is 1. The summed E-state index contributed by atoms with van der Waals surface area (Å²) in [7, 11) is 1.35. The topological polar surface area (TPSA) is 44.8 Å². The van der Waals surface area contributed by atoms with E-state index in [1.54, 1.807) is 6.07 Å². The summed E-state index contributed by atoms with van der Waals surface area (Å²) in [6.45, 7) is 4.17. The first-order valence-corrected chi connectivity index (χ1v) is 12.2. The normalized spacial score (nSPS) is 14.6. The second kappa shape index (κ2) is 10.1. The zero-order valence-corrected chi connectivity index (χ0v) is 21.1. The van der Waals surface area contributed by atoms with Crippen LogP contribution < -0.4 is 5.32 Å². The Balaban J connectivity index is 1.36. The van der Waals surface area contributed by atoms with E-state index in [-0.39, 0.29) is 0 Å². The number of methoxy groups -OCH3 is 1. The molecule has 168 valence electrons. The molecule has 0 amide bonds. The van der Waals surface area contributed by atoms with Gasteiger partial charge in [-0.3, -0.25) is 4.90 Å². The molecule has 3 aromatic rings. The summed E-state index contributed by atoms with van der Waals surface area (Å²) >= 11 is 25.6. The van der Waals surface area contributed by atoms with E-state index in [2.05, 4.69) is 15.1 Å². The van der Waals surface area contributed by atoms with Crippen molar-refractivity contribution < 1.29 is 9.53 Å². The molecule has 5 nitrogen and oxygen atoms in total. The molecule has 32 heavy (non-hydrogen) atoms. The van der Waals surface area contributed by atoms with Crippen molar-refractivity contribution in [1.29, 1.82) is 0 Å². The summed E-state index contributed by atoms with van der Waals surface area (Å²) < 4.78 is 5.70. The molecule has 1 aromatic heterocycles. The van der Waals surface area contributed by atoms with Crippen molar-refractivity contribution in [2.75, 3.05) is 38.6 Å². The van der Waals surface area contributed by atoms with E-state index in [0.29, 0.717) is 25.1 Å². The van der Waals surface area contributed by atoms with Gasteiger partial charge >= 0.3 is 5.97 Å². The highest BCUT2D eigenvalue weighted by atomic mass is 35.5. The number of carbonyl (C=O) groups excluding carboxylic acids is 1. The summed E-state index contributed by atoms with van der Waals surface area (Å²) in [5.74, 6) is -0.431. The lowest BCUT2D eigenvalue weighted by Crippen LogP contribution is -2.49. The standard InChI is InChI=1S/C22H20Cl3N3O2S2/c1-30-21(29)20-19(25)16-5-4-15(11-18(16)32-20)26-22(31)28-8-6-27(7-9-28)12-13-2-3-14(23)10-17(13)24/h2-5,10-11H,6-9,12H2,1H3,(H,26,31). The number of fused-ring (bicyclic) bond motifs is 1. The second-order valence-electron chi connectivity index (χ2n) is 7.38. The number of benzene rings is 2. The lowest BCUT2D eigenvalue weighted by Gasteiger charge is -2.36. The Morgan fingerprint density at radius 2 is 1.88 bits per heavy atom. The molecule has 0 bridgehead atoms. The van der Waals surface area contributed by atoms with Crippen molar-refractivity contribution >= 4 is 85.2 Å². The van der Waals surface area contributed by atoms with Gasteiger partial charge in [0.05, 0.1) is 12.1 Å². The van der Waals surface area contributed by atoms with Crippen molar-refractivity contribution in [3.8, 4) is 0 Å². The number of carbonyl (C=O) groups is 1. The number of hydrogen-bond donors (Lipinski definition) is 1. The predicted molar refractivity (Wildman–Crippen MR) is 138 cm³/mol. The van der Waals surface area contributed by atoms with Crippen LogP contribution in [0, 0.1) is 0 Å². The van der Waals surface area contributed by atoms with Crippen LogP contribution in [0.4, 0.5) is 5.69 Å². The smallest absolute Gasteiger partial charge is 0.349 e. The van der Waals surface area contributed by atoms with Gasteiger partial charge < -0.3 is 15.0 Å².